The quantitative estimate of drug-likeness (QED) is 0.904. The van der Waals surface area contributed by atoms with Crippen molar-refractivity contribution in [2.45, 2.75) is 25.5 Å². The molecule has 1 aliphatic rings. The monoisotopic (exact) mass is 364 g/mol. The topological polar surface area (TPSA) is 55.6 Å². The predicted molar refractivity (Wildman–Crippen MR) is 97.5 cm³/mol. The van der Waals surface area contributed by atoms with Crippen LogP contribution in [0.1, 0.15) is 28.8 Å². The van der Waals surface area contributed by atoms with Crippen LogP contribution in [0.2, 0.25) is 0 Å². The largest absolute Gasteiger partial charge is 0.489 e. The summed E-state index contributed by atoms with van der Waals surface area (Å²) in [5.41, 5.74) is 7.40. The van der Waals surface area contributed by atoms with E-state index >= 15 is 0 Å². The number of nitrogens with zero attached hydrogens (tertiary/aromatic N) is 1. The zero-order chi connectivity index (χ0) is 16.9. The zero-order valence-electron chi connectivity index (χ0n) is 13.9. The third kappa shape index (κ3) is 5.18. The molecule has 2 aromatic rings. The molecule has 0 atom stereocenters. The van der Waals surface area contributed by atoms with Crippen LogP contribution in [-0.4, -0.2) is 29.9 Å². The van der Waals surface area contributed by atoms with Gasteiger partial charge in [-0.25, -0.2) is 4.39 Å². The van der Waals surface area contributed by atoms with Gasteiger partial charge in [-0.1, -0.05) is 18.2 Å². The summed E-state index contributed by atoms with van der Waals surface area (Å²) in [5, 5.41) is 0. The fourth-order valence-electron chi connectivity index (χ4n) is 2.80. The maximum Gasteiger partial charge on any atom is 0.253 e. The normalized spacial score (nSPS) is 14.7. The molecule has 0 unspecified atom stereocenters. The molecule has 1 amide bonds. The molecule has 134 valence electrons. The Kier molecular flexibility index (Phi) is 6.79. The van der Waals surface area contributed by atoms with Gasteiger partial charge in [0.1, 0.15) is 18.2 Å². The molecule has 6 heteroatoms. The Morgan fingerprint density at radius 3 is 2.60 bits per heavy atom. The Morgan fingerprint density at radius 2 is 1.88 bits per heavy atom. The van der Waals surface area contributed by atoms with Crippen molar-refractivity contribution in [3.05, 3.63) is 65.5 Å². The summed E-state index contributed by atoms with van der Waals surface area (Å²) in [7, 11) is 0. The number of likely N-dealkylation sites (tertiary alicyclic amines) is 1. The van der Waals surface area contributed by atoms with E-state index < -0.39 is 0 Å². The minimum Gasteiger partial charge on any atom is -0.489 e. The van der Waals surface area contributed by atoms with E-state index in [1.165, 1.54) is 12.1 Å². The minimum atomic E-state index is -0.334. The number of ether oxygens (including phenoxy) is 1. The van der Waals surface area contributed by atoms with E-state index in [0.717, 1.165) is 18.4 Å². The Bertz CT molecular complexity index is 718. The summed E-state index contributed by atoms with van der Waals surface area (Å²) in [5.74, 6) is 0.158. The molecule has 0 aliphatic carbocycles. The SMILES string of the molecule is Cl.NC1CCN(C(=O)c2cccc(COc3cccc(F)c3)c2)CC1. The van der Waals surface area contributed by atoms with E-state index in [4.69, 9.17) is 10.5 Å². The molecule has 2 N–H and O–H groups in total. The minimum absolute atomic E-state index is 0. The van der Waals surface area contributed by atoms with Gasteiger partial charge in [-0.05, 0) is 42.7 Å². The van der Waals surface area contributed by atoms with E-state index in [1.54, 1.807) is 12.1 Å². The Hall–Kier alpha value is -2.11. The van der Waals surface area contributed by atoms with Crippen LogP contribution in [0.15, 0.2) is 48.5 Å². The molecule has 0 aromatic heterocycles. The number of hydrogen-bond acceptors (Lipinski definition) is 3. The molecule has 0 saturated carbocycles. The summed E-state index contributed by atoms with van der Waals surface area (Å²) in [4.78, 5) is 14.4. The number of rotatable bonds is 4. The van der Waals surface area contributed by atoms with E-state index in [9.17, 15) is 9.18 Å². The molecule has 0 radical (unpaired) electrons. The number of nitrogens with two attached hydrogens (primary N) is 1. The molecular weight excluding hydrogens is 343 g/mol. The molecule has 1 aliphatic heterocycles. The lowest BCUT2D eigenvalue weighted by molar-refractivity contribution is 0.0714. The van der Waals surface area contributed by atoms with Crippen molar-refractivity contribution in [2.24, 2.45) is 5.73 Å². The van der Waals surface area contributed by atoms with Crippen LogP contribution in [0, 0.1) is 5.82 Å². The van der Waals surface area contributed by atoms with Crippen molar-refractivity contribution < 1.29 is 13.9 Å². The van der Waals surface area contributed by atoms with Crippen LogP contribution >= 0.6 is 12.4 Å². The second-order valence-electron chi connectivity index (χ2n) is 6.08. The summed E-state index contributed by atoms with van der Waals surface area (Å²) < 4.78 is 18.7. The molecule has 1 heterocycles. The predicted octanol–water partition coefficient (Wildman–Crippen LogP) is 3.39. The summed E-state index contributed by atoms with van der Waals surface area (Å²) in [6.45, 7) is 1.68. The maximum absolute atomic E-state index is 13.2. The molecule has 0 spiro atoms. The third-order valence-electron chi connectivity index (χ3n) is 4.20. The number of amides is 1. The van der Waals surface area contributed by atoms with Gasteiger partial charge in [0.05, 0.1) is 0 Å². The van der Waals surface area contributed by atoms with Crippen molar-refractivity contribution in [3.63, 3.8) is 0 Å². The Balaban J connectivity index is 0.00000225. The standard InChI is InChI=1S/C19H21FN2O2.ClH/c20-16-5-2-6-18(12-16)24-13-14-3-1-4-15(11-14)19(23)22-9-7-17(21)8-10-22;/h1-6,11-12,17H,7-10,13,21H2;1H. The summed E-state index contributed by atoms with van der Waals surface area (Å²) >= 11 is 0. The number of halogens is 2. The summed E-state index contributed by atoms with van der Waals surface area (Å²) in [6.07, 6.45) is 1.68. The molecule has 4 nitrogen and oxygen atoms in total. The average molecular weight is 365 g/mol. The van der Waals surface area contributed by atoms with E-state index in [2.05, 4.69) is 0 Å². The number of benzene rings is 2. The highest BCUT2D eigenvalue weighted by atomic mass is 35.5. The number of piperidine rings is 1. The third-order valence-corrected chi connectivity index (χ3v) is 4.20. The van der Waals surface area contributed by atoms with Crippen molar-refractivity contribution in [2.75, 3.05) is 13.1 Å². The molecular formula is C19H22ClFN2O2. The number of carbonyl (C=O) groups excluding carboxylic acids is 1. The highest BCUT2D eigenvalue weighted by Crippen LogP contribution is 2.17. The Labute approximate surface area is 153 Å². The molecule has 1 fully saturated rings. The van der Waals surface area contributed by atoms with Gasteiger partial charge in [-0.3, -0.25) is 4.79 Å². The smallest absolute Gasteiger partial charge is 0.253 e. The lowest BCUT2D eigenvalue weighted by Crippen LogP contribution is -2.42. The first-order chi connectivity index (χ1) is 11.6. The highest BCUT2D eigenvalue weighted by molar-refractivity contribution is 5.94. The van der Waals surface area contributed by atoms with Gasteiger partial charge in [0, 0.05) is 30.8 Å². The van der Waals surface area contributed by atoms with Crippen LogP contribution in [0.3, 0.4) is 0 Å². The van der Waals surface area contributed by atoms with Crippen LogP contribution < -0.4 is 10.5 Å². The molecule has 0 bridgehead atoms. The average Bonchev–Trinajstić information content (AvgIpc) is 2.60. The highest BCUT2D eigenvalue weighted by Gasteiger charge is 2.21. The van der Waals surface area contributed by atoms with Gasteiger partial charge in [0.25, 0.3) is 5.91 Å². The van der Waals surface area contributed by atoms with Gasteiger partial charge in [0.15, 0.2) is 0 Å². The number of hydrogen-bond donors (Lipinski definition) is 1. The first-order valence-electron chi connectivity index (χ1n) is 8.14. The van der Waals surface area contributed by atoms with E-state index in [1.807, 2.05) is 29.2 Å². The van der Waals surface area contributed by atoms with Crippen molar-refractivity contribution in [1.82, 2.24) is 4.90 Å². The molecule has 1 saturated heterocycles. The van der Waals surface area contributed by atoms with Gasteiger partial charge in [0.2, 0.25) is 0 Å². The van der Waals surface area contributed by atoms with Gasteiger partial charge < -0.3 is 15.4 Å². The van der Waals surface area contributed by atoms with Crippen LogP contribution in [-0.2, 0) is 6.61 Å². The van der Waals surface area contributed by atoms with Crippen molar-refractivity contribution in [1.29, 1.82) is 0 Å². The van der Waals surface area contributed by atoms with Crippen LogP contribution in [0.25, 0.3) is 0 Å². The second-order valence-corrected chi connectivity index (χ2v) is 6.08. The molecule has 2 aromatic carbocycles. The van der Waals surface area contributed by atoms with E-state index in [-0.39, 0.29) is 36.8 Å². The van der Waals surface area contributed by atoms with Crippen LogP contribution in [0.4, 0.5) is 4.39 Å². The number of carbonyl (C=O) groups is 1. The fraction of sp³-hybridized carbons (Fsp3) is 0.316. The van der Waals surface area contributed by atoms with Crippen LogP contribution in [0.5, 0.6) is 5.75 Å². The van der Waals surface area contributed by atoms with Gasteiger partial charge in [-0.2, -0.15) is 0 Å². The first kappa shape index (κ1) is 19.2. The fourth-order valence-corrected chi connectivity index (χ4v) is 2.80. The second kappa shape index (κ2) is 8.83. The van der Waals surface area contributed by atoms with E-state index in [0.29, 0.717) is 24.4 Å². The molecule has 3 rings (SSSR count). The lowest BCUT2D eigenvalue weighted by Gasteiger charge is -2.30. The zero-order valence-corrected chi connectivity index (χ0v) is 14.7. The maximum atomic E-state index is 13.2. The molecule has 25 heavy (non-hydrogen) atoms. The summed E-state index contributed by atoms with van der Waals surface area (Å²) in [6, 6.07) is 13.6. The van der Waals surface area contributed by atoms with Crippen molar-refractivity contribution >= 4 is 18.3 Å². The first-order valence-corrected chi connectivity index (χ1v) is 8.14. The lowest BCUT2D eigenvalue weighted by atomic mass is 10.0. The van der Waals surface area contributed by atoms with Gasteiger partial charge >= 0.3 is 0 Å². The van der Waals surface area contributed by atoms with Gasteiger partial charge in [-0.15, -0.1) is 12.4 Å². The Morgan fingerprint density at radius 1 is 1.16 bits per heavy atom. The van der Waals surface area contributed by atoms with Crippen molar-refractivity contribution in [3.8, 4) is 5.75 Å².